The molecule has 1 aromatic rings. The molecule has 110 valence electrons. The number of carbonyl (C=O) groups is 1. The van der Waals surface area contributed by atoms with E-state index < -0.39 is 0 Å². The molecule has 0 aliphatic heterocycles. The van der Waals surface area contributed by atoms with Crippen molar-refractivity contribution in [2.75, 3.05) is 26.4 Å². The number of ether oxygens (including phenoxy) is 2. The molecule has 0 bridgehead atoms. The van der Waals surface area contributed by atoms with E-state index in [0.29, 0.717) is 19.9 Å². The number of hydrogen-bond acceptors (Lipinski definition) is 4. The summed E-state index contributed by atoms with van der Waals surface area (Å²) in [7, 11) is 0. The lowest BCUT2D eigenvalue weighted by molar-refractivity contribution is -0.145. The number of allylic oxidation sites excluding steroid dienone is 1. The summed E-state index contributed by atoms with van der Waals surface area (Å²) >= 11 is 0. The van der Waals surface area contributed by atoms with Crippen molar-refractivity contribution in [1.29, 1.82) is 0 Å². The van der Waals surface area contributed by atoms with Crippen LogP contribution in [0.2, 0.25) is 0 Å². The molecule has 0 N–H and O–H groups in total. The Morgan fingerprint density at radius 3 is 2.55 bits per heavy atom. The predicted molar refractivity (Wildman–Crippen MR) is 79.6 cm³/mol. The van der Waals surface area contributed by atoms with Crippen LogP contribution in [0.3, 0.4) is 0 Å². The van der Waals surface area contributed by atoms with Crippen molar-refractivity contribution in [2.24, 2.45) is 0 Å². The van der Waals surface area contributed by atoms with Gasteiger partial charge in [0.25, 0.3) is 0 Å². The molecule has 0 spiro atoms. The van der Waals surface area contributed by atoms with Crippen molar-refractivity contribution in [3.8, 4) is 5.75 Å². The number of nitrogens with zero attached hydrogens (tertiary/aromatic N) is 1. The summed E-state index contributed by atoms with van der Waals surface area (Å²) in [6.45, 7) is 7.50. The molecule has 0 saturated heterocycles. The third-order valence-electron chi connectivity index (χ3n) is 2.57. The van der Waals surface area contributed by atoms with Gasteiger partial charge >= 0.3 is 5.97 Å². The summed E-state index contributed by atoms with van der Waals surface area (Å²) in [4.78, 5) is 13.5. The highest BCUT2D eigenvalue weighted by molar-refractivity contribution is 5.71. The average Bonchev–Trinajstić information content (AvgIpc) is 2.43. The second-order valence-electron chi connectivity index (χ2n) is 4.68. The van der Waals surface area contributed by atoms with Gasteiger partial charge in [-0.1, -0.05) is 29.8 Å². The molecule has 0 aromatic heterocycles. The molecule has 1 rings (SSSR count). The average molecular weight is 277 g/mol. The molecule has 0 atom stereocenters. The summed E-state index contributed by atoms with van der Waals surface area (Å²) in [5, 5.41) is 0. The van der Waals surface area contributed by atoms with E-state index in [1.807, 2.05) is 49.1 Å². The van der Waals surface area contributed by atoms with Crippen molar-refractivity contribution in [3.05, 3.63) is 42.0 Å². The van der Waals surface area contributed by atoms with Crippen LogP contribution in [0.15, 0.2) is 42.0 Å². The number of para-hydroxylation sites is 1. The fraction of sp³-hybridized carbons (Fsp3) is 0.438. The Kier molecular flexibility index (Phi) is 7.43. The number of rotatable bonds is 8. The van der Waals surface area contributed by atoms with E-state index in [2.05, 4.69) is 6.08 Å². The summed E-state index contributed by atoms with van der Waals surface area (Å²) in [5.41, 5.74) is 1.21. The highest BCUT2D eigenvalue weighted by atomic mass is 16.5. The van der Waals surface area contributed by atoms with Crippen LogP contribution < -0.4 is 4.74 Å². The highest BCUT2D eigenvalue weighted by Crippen LogP contribution is 2.09. The van der Waals surface area contributed by atoms with Crippen LogP contribution in [0, 0.1) is 0 Å². The SMILES string of the molecule is CCOC(=O)CN(CC=C(C)C)COc1ccccc1. The number of hydrogen-bond donors (Lipinski definition) is 0. The molecule has 0 amide bonds. The molecule has 0 aliphatic rings. The van der Waals surface area contributed by atoms with E-state index >= 15 is 0 Å². The molecule has 0 saturated carbocycles. The largest absolute Gasteiger partial charge is 0.478 e. The van der Waals surface area contributed by atoms with Crippen LogP contribution in [0.25, 0.3) is 0 Å². The first kappa shape index (κ1) is 16.2. The number of carbonyl (C=O) groups excluding carboxylic acids is 1. The molecular formula is C16H23NO3. The smallest absolute Gasteiger partial charge is 0.320 e. The lowest BCUT2D eigenvalue weighted by Gasteiger charge is -2.20. The Labute approximate surface area is 121 Å². The molecule has 0 aliphatic carbocycles. The van der Waals surface area contributed by atoms with Gasteiger partial charge in [0.15, 0.2) is 0 Å². The van der Waals surface area contributed by atoms with Crippen molar-refractivity contribution >= 4 is 5.97 Å². The molecule has 0 heterocycles. The van der Waals surface area contributed by atoms with Gasteiger partial charge < -0.3 is 9.47 Å². The van der Waals surface area contributed by atoms with Gasteiger partial charge in [-0.3, -0.25) is 9.69 Å². The first-order chi connectivity index (χ1) is 9.61. The Morgan fingerprint density at radius 1 is 1.25 bits per heavy atom. The zero-order valence-corrected chi connectivity index (χ0v) is 12.5. The lowest BCUT2D eigenvalue weighted by Crippen LogP contribution is -2.34. The molecule has 0 radical (unpaired) electrons. The van der Waals surface area contributed by atoms with Crippen LogP contribution in [-0.2, 0) is 9.53 Å². The Balaban J connectivity index is 2.53. The maximum atomic E-state index is 11.6. The van der Waals surface area contributed by atoms with Crippen LogP contribution in [0.4, 0.5) is 0 Å². The van der Waals surface area contributed by atoms with Gasteiger partial charge in [0.05, 0.1) is 13.2 Å². The third-order valence-corrected chi connectivity index (χ3v) is 2.57. The number of esters is 1. The van der Waals surface area contributed by atoms with E-state index in [0.717, 1.165) is 5.75 Å². The van der Waals surface area contributed by atoms with Gasteiger partial charge in [-0.2, -0.15) is 0 Å². The topological polar surface area (TPSA) is 38.8 Å². The maximum Gasteiger partial charge on any atom is 0.320 e. The molecule has 4 heteroatoms. The summed E-state index contributed by atoms with van der Waals surface area (Å²) in [6, 6.07) is 9.56. The minimum Gasteiger partial charge on any atom is -0.478 e. The van der Waals surface area contributed by atoms with Gasteiger partial charge in [0.2, 0.25) is 0 Å². The highest BCUT2D eigenvalue weighted by Gasteiger charge is 2.11. The second kappa shape index (κ2) is 9.15. The van der Waals surface area contributed by atoms with E-state index in [-0.39, 0.29) is 12.5 Å². The van der Waals surface area contributed by atoms with E-state index in [9.17, 15) is 4.79 Å². The van der Waals surface area contributed by atoms with Gasteiger partial charge in [0, 0.05) is 6.54 Å². The third kappa shape index (κ3) is 6.95. The Bertz CT molecular complexity index is 425. The predicted octanol–water partition coefficient (Wildman–Crippen LogP) is 2.85. The molecule has 4 nitrogen and oxygen atoms in total. The summed E-state index contributed by atoms with van der Waals surface area (Å²) < 4.78 is 10.6. The minimum absolute atomic E-state index is 0.227. The second-order valence-corrected chi connectivity index (χ2v) is 4.68. The van der Waals surface area contributed by atoms with E-state index in [4.69, 9.17) is 9.47 Å². The van der Waals surface area contributed by atoms with Crippen LogP contribution in [0.5, 0.6) is 5.75 Å². The summed E-state index contributed by atoms with van der Waals surface area (Å²) in [5.74, 6) is 0.560. The van der Waals surface area contributed by atoms with Crippen molar-refractivity contribution < 1.29 is 14.3 Å². The maximum absolute atomic E-state index is 11.6. The Morgan fingerprint density at radius 2 is 1.95 bits per heavy atom. The van der Waals surface area contributed by atoms with Crippen LogP contribution in [-0.4, -0.2) is 37.3 Å². The molecule has 0 unspecified atom stereocenters. The quantitative estimate of drug-likeness (QED) is 0.416. The Hall–Kier alpha value is -1.81. The van der Waals surface area contributed by atoms with E-state index in [1.54, 1.807) is 6.92 Å². The monoisotopic (exact) mass is 277 g/mol. The summed E-state index contributed by atoms with van der Waals surface area (Å²) in [6.07, 6.45) is 2.06. The normalized spacial score (nSPS) is 10.2. The lowest BCUT2D eigenvalue weighted by atomic mass is 10.3. The fourth-order valence-electron chi connectivity index (χ4n) is 1.55. The van der Waals surface area contributed by atoms with Gasteiger partial charge in [-0.15, -0.1) is 0 Å². The minimum atomic E-state index is -0.230. The molecule has 20 heavy (non-hydrogen) atoms. The van der Waals surface area contributed by atoms with Gasteiger partial charge in [-0.05, 0) is 32.9 Å². The molecule has 1 aromatic carbocycles. The zero-order valence-electron chi connectivity index (χ0n) is 12.5. The van der Waals surface area contributed by atoms with Gasteiger partial charge in [0.1, 0.15) is 12.5 Å². The standard InChI is InChI=1S/C16H23NO3/c1-4-19-16(18)12-17(11-10-14(2)3)13-20-15-8-6-5-7-9-15/h5-10H,4,11-13H2,1-3H3. The fourth-order valence-corrected chi connectivity index (χ4v) is 1.55. The molecular weight excluding hydrogens is 254 g/mol. The van der Waals surface area contributed by atoms with E-state index in [1.165, 1.54) is 5.57 Å². The van der Waals surface area contributed by atoms with Crippen molar-refractivity contribution in [3.63, 3.8) is 0 Å². The van der Waals surface area contributed by atoms with Crippen LogP contribution in [0.1, 0.15) is 20.8 Å². The number of benzene rings is 1. The first-order valence-electron chi connectivity index (χ1n) is 6.81. The molecule has 0 fully saturated rings. The van der Waals surface area contributed by atoms with Crippen molar-refractivity contribution in [2.45, 2.75) is 20.8 Å². The van der Waals surface area contributed by atoms with Gasteiger partial charge in [-0.25, -0.2) is 0 Å². The van der Waals surface area contributed by atoms with Crippen molar-refractivity contribution in [1.82, 2.24) is 4.90 Å². The first-order valence-corrected chi connectivity index (χ1v) is 6.81. The van der Waals surface area contributed by atoms with Crippen LogP contribution >= 0.6 is 0 Å². The zero-order chi connectivity index (χ0) is 14.8.